The topological polar surface area (TPSA) is 38.9 Å². The quantitative estimate of drug-likeness (QED) is 0.856. The van der Waals surface area contributed by atoms with Gasteiger partial charge in [0.05, 0.1) is 11.2 Å². The van der Waals surface area contributed by atoms with E-state index in [1.807, 2.05) is 0 Å². The van der Waals surface area contributed by atoms with Gasteiger partial charge < -0.3 is 5.73 Å². The molecule has 0 saturated heterocycles. The van der Waals surface area contributed by atoms with Gasteiger partial charge in [-0.05, 0) is 45.4 Å². The average molecular weight is 238 g/mol. The van der Waals surface area contributed by atoms with E-state index >= 15 is 0 Å². The van der Waals surface area contributed by atoms with Crippen LogP contribution in [0.4, 0.5) is 0 Å². The van der Waals surface area contributed by atoms with E-state index in [-0.39, 0.29) is 5.54 Å². The van der Waals surface area contributed by atoms with Gasteiger partial charge in [-0.3, -0.25) is 0 Å². The summed E-state index contributed by atoms with van der Waals surface area (Å²) in [5.74, 6) is 0.888. The van der Waals surface area contributed by atoms with E-state index in [2.05, 4.69) is 25.8 Å². The average Bonchev–Trinajstić information content (AvgIpc) is 2.61. The summed E-state index contributed by atoms with van der Waals surface area (Å²) in [6.45, 7) is 6.50. The first-order valence-electron chi connectivity index (χ1n) is 6.28. The molecule has 1 aromatic rings. The van der Waals surface area contributed by atoms with Gasteiger partial charge in [0.15, 0.2) is 0 Å². The van der Waals surface area contributed by atoms with Gasteiger partial charge in [-0.2, -0.15) is 0 Å². The van der Waals surface area contributed by atoms with Crippen molar-refractivity contribution >= 4 is 11.3 Å². The number of nitrogens with zero attached hydrogens (tertiary/aromatic N) is 1. The van der Waals surface area contributed by atoms with Crippen LogP contribution in [0.15, 0.2) is 0 Å². The van der Waals surface area contributed by atoms with Crippen LogP contribution >= 0.6 is 11.3 Å². The number of nitrogens with two attached hydrogens (primary N) is 1. The van der Waals surface area contributed by atoms with Crippen LogP contribution in [0.25, 0.3) is 0 Å². The van der Waals surface area contributed by atoms with E-state index in [1.165, 1.54) is 24.1 Å². The molecule has 2 N–H and O–H groups in total. The summed E-state index contributed by atoms with van der Waals surface area (Å²) in [5.41, 5.74) is 7.55. The summed E-state index contributed by atoms with van der Waals surface area (Å²) in [4.78, 5) is 5.97. The van der Waals surface area contributed by atoms with Crippen LogP contribution in [0.5, 0.6) is 0 Å². The molecule has 1 saturated carbocycles. The van der Waals surface area contributed by atoms with E-state index < -0.39 is 0 Å². The molecule has 16 heavy (non-hydrogen) atoms. The van der Waals surface area contributed by atoms with Gasteiger partial charge >= 0.3 is 0 Å². The second-order valence-electron chi connectivity index (χ2n) is 5.17. The second-order valence-corrected chi connectivity index (χ2v) is 6.37. The van der Waals surface area contributed by atoms with Crippen LogP contribution in [0, 0.1) is 19.8 Å². The molecule has 0 spiro atoms. The van der Waals surface area contributed by atoms with Crippen LogP contribution in [-0.4, -0.2) is 4.98 Å². The third kappa shape index (κ3) is 2.16. The lowest BCUT2D eigenvalue weighted by Gasteiger charge is -2.35. The van der Waals surface area contributed by atoms with Crippen molar-refractivity contribution in [3.63, 3.8) is 0 Å². The van der Waals surface area contributed by atoms with Gasteiger partial charge in [0.1, 0.15) is 5.01 Å². The summed E-state index contributed by atoms with van der Waals surface area (Å²) < 4.78 is 0. The predicted molar refractivity (Wildman–Crippen MR) is 69.7 cm³/mol. The van der Waals surface area contributed by atoms with Crippen molar-refractivity contribution in [1.82, 2.24) is 4.98 Å². The highest BCUT2D eigenvalue weighted by Crippen LogP contribution is 2.40. The molecule has 0 amide bonds. The zero-order valence-corrected chi connectivity index (χ0v) is 11.4. The third-order valence-electron chi connectivity index (χ3n) is 4.03. The molecule has 0 unspecified atom stereocenters. The summed E-state index contributed by atoms with van der Waals surface area (Å²) in [6.07, 6.45) is 6.05. The first-order valence-corrected chi connectivity index (χ1v) is 7.10. The number of rotatable bonds is 2. The van der Waals surface area contributed by atoms with E-state index in [0.717, 1.165) is 29.5 Å². The van der Waals surface area contributed by atoms with Gasteiger partial charge in [-0.1, -0.05) is 13.3 Å². The predicted octanol–water partition coefficient (Wildman–Crippen LogP) is 3.51. The van der Waals surface area contributed by atoms with Crippen LogP contribution in [0.2, 0.25) is 0 Å². The minimum absolute atomic E-state index is 0.130. The first kappa shape index (κ1) is 12.1. The molecule has 1 aromatic heterocycles. The van der Waals surface area contributed by atoms with Gasteiger partial charge in [-0.25, -0.2) is 4.98 Å². The Balaban J connectivity index is 2.14. The number of hydrogen-bond acceptors (Lipinski definition) is 3. The molecule has 1 fully saturated rings. The largest absolute Gasteiger partial charge is 0.319 e. The molecule has 1 heterocycles. The molecule has 2 rings (SSSR count). The molecule has 90 valence electrons. The fourth-order valence-corrected chi connectivity index (χ4v) is 3.57. The summed E-state index contributed by atoms with van der Waals surface area (Å²) in [5, 5.41) is 1.16. The van der Waals surface area contributed by atoms with Crippen molar-refractivity contribution < 1.29 is 0 Å². The van der Waals surface area contributed by atoms with Crippen LogP contribution in [0.1, 0.15) is 54.6 Å². The monoisotopic (exact) mass is 238 g/mol. The van der Waals surface area contributed by atoms with Crippen molar-refractivity contribution in [3.8, 4) is 0 Å². The highest BCUT2D eigenvalue weighted by Gasteiger charge is 2.35. The Morgan fingerprint density at radius 3 is 2.44 bits per heavy atom. The van der Waals surface area contributed by atoms with Gasteiger partial charge in [0.2, 0.25) is 0 Å². The highest BCUT2D eigenvalue weighted by molar-refractivity contribution is 7.11. The lowest BCUT2D eigenvalue weighted by molar-refractivity contribution is 0.231. The number of aryl methyl sites for hydroxylation is 2. The minimum Gasteiger partial charge on any atom is -0.319 e. The summed E-state index contributed by atoms with van der Waals surface area (Å²) in [7, 11) is 0. The fourth-order valence-electron chi connectivity index (χ4n) is 2.50. The van der Waals surface area contributed by atoms with E-state index in [4.69, 9.17) is 5.73 Å². The molecule has 0 aliphatic heterocycles. The van der Waals surface area contributed by atoms with Gasteiger partial charge in [0, 0.05) is 4.88 Å². The number of thiazole rings is 1. The van der Waals surface area contributed by atoms with Crippen molar-refractivity contribution in [2.75, 3.05) is 0 Å². The van der Waals surface area contributed by atoms with Crippen LogP contribution < -0.4 is 5.73 Å². The molecule has 2 nitrogen and oxygen atoms in total. The number of aromatic nitrogens is 1. The van der Waals surface area contributed by atoms with Crippen molar-refractivity contribution in [3.05, 3.63) is 15.6 Å². The standard InChI is InChI=1S/C13H22N2S/c1-4-11-5-7-13(14,8-6-11)12-15-9(2)10(3)16-12/h11H,4-8,14H2,1-3H3. The Morgan fingerprint density at radius 2 is 2.00 bits per heavy atom. The van der Waals surface area contributed by atoms with E-state index in [1.54, 1.807) is 11.3 Å². The molecule has 1 aliphatic rings. The molecule has 3 heteroatoms. The maximum absolute atomic E-state index is 6.53. The number of hydrogen-bond donors (Lipinski definition) is 1. The van der Waals surface area contributed by atoms with Gasteiger partial charge in [-0.15, -0.1) is 11.3 Å². The Morgan fingerprint density at radius 1 is 1.38 bits per heavy atom. The summed E-state index contributed by atoms with van der Waals surface area (Å²) >= 11 is 1.79. The third-order valence-corrected chi connectivity index (χ3v) is 5.32. The SMILES string of the molecule is CCC1CCC(N)(c2nc(C)c(C)s2)CC1. The zero-order valence-electron chi connectivity index (χ0n) is 10.5. The molecule has 1 aliphatic carbocycles. The zero-order chi connectivity index (χ0) is 11.8. The van der Waals surface area contributed by atoms with E-state index in [9.17, 15) is 0 Å². The van der Waals surface area contributed by atoms with Crippen LogP contribution in [0.3, 0.4) is 0 Å². The van der Waals surface area contributed by atoms with Crippen LogP contribution in [-0.2, 0) is 5.54 Å². The lowest BCUT2D eigenvalue weighted by atomic mass is 9.76. The molecule has 0 aromatic carbocycles. The Bertz CT molecular complexity index is 343. The Kier molecular flexibility index (Phi) is 3.36. The first-order chi connectivity index (χ1) is 7.55. The molecule has 0 atom stereocenters. The molecular formula is C13H22N2S. The minimum atomic E-state index is -0.130. The maximum atomic E-state index is 6.53. The Labute approximate surface area is 102 Å². The highest BCUT2D eigenvalue weighted by atomic mass is 32.1. The van der Waals surface area contributed by atoms with Crippen molar-refractivity contribution in [2.24, 2.45) is 11.7 Å². The van der Waals surface area contributed by atoms with Crippen molar-refractivity contribution in [1.29, 1.82) is 0 Å². The normalized spacial score (nSPS) is 30.6. The lowest BCUT2D eigenvalue weighted by Crippen LogP contribution is -2.40. The summed E-state index contributed by atoms with van der Waals surface area (Å²) in [6, 6.07) is 0. The smallest absolute Gasteiger partial charge is 0.113 e. The molecule has 0 radical (unpaired) electrons. The van der Waals surface area contributed by atoms with Crippen molar-refractivity contribution in [2.45, 2.75) is 58.4 Å². The second kappa shape index (κ2) is 4.46. The maximum Gasteiger partial charge on any atom is 0.113 e. The molecule has 0 bridgehead atoms. The van der Waals surface area contributed by atoms with E-state index in [0.29, 0.717) is 0 Å². The fraction of sp³-hybridized carbons (Fsp3) is 0.769. The van der Waals surface area contributed by atoms with Gasteiger partial charge in [0.25, 0.3) is 0 Å². The Hall–Kier alpha value is -0.410. The molecular weight excluding hydrogens is 216 g/mol.